The third-order valence-corrected chi connectivity index (χ3v) is 2.60. The van der Waals surface area contributed by atoms with E-state index >= 15 is 0 Å². The highest BCUT2D eigenvalue weighted by Gasteiger charge is 2.11. The number of rotatable bonds is 6. The van der Waals surface area contributed by atoms with Gasteiger partial charge in [0.2, 0.25) is 0 Å². The van der Waals surface area contributed by atoms with Crippen LogP contribution in [0.4, 0.5) is 0 Å². The van der Waals surface area contributed by atoms with Crippen molar-refractivity contribution in [2.24, 2.45) is 5.84 Å². The molecule has 0 saturated heterocycles. The lowest BCUT2D eigenvalue weighted by Gasteiger charge is -2.16. The molecule has 0 aromatic carbocycles. The Kier molecular flexibility index (Phi) is 5.32. The summed E-state index contributed by atoms with van der Waals surface area (Å²) in [6, 6.07) is 1.97. The van der Waals surface area contributed by atoms with Gasteiger partial charge in [-0.15, -0.1) is 6.58 Å². The van der Waals surface area contributed by atoms with Crippen molar-refractivity contribution in [1.29, 1.82) is 0 Å². The molecule has 1 aromatic rings. The predicted octanol–water partition coefficient (Wildman–Crippen LogP) is 2.60. The van der Waals surface area contributed by atoms with Crippen LogP contribution < -0.4 is 11.3 Å². The molecule has 0 spiro atoms. The number of hydrogen-bond donors (Lipinski definition) is 2. The minimum absolute atomic E-state index is 0.0837. The summed E-state index contributed by atoms with van der Waals surface area (Å²) < 4.78 is 0. The van der Waals surface area contributed by atoms with Crippen LogP contribution in [0.3, 0.4) is 0 Å². The van der Waals surface area contributed by atoms with Crippen molar-refractivity contribution in [3.63, 3.8) is 0 Å². The maximum Gasteiger partial charge on any atom is 0.0637 e. The smallest absolute Gasteiger partial charge is 0.0637 e. The van der Waals surface area contributed by atoms with Gasteiger partial charge in [0.15, 0.2) is 0 Å². The van der Waals surface area contributed by atoms with Crippen molar-refractivity contribution in [3.05, 3.63) is 41.7 Å². The van der Waals surface area contributed by atoms with E-state index in [9.17, 15) is 0 Å². The van der Waals surface area contributed by atoms with Crippen molar-refractivity contribution in [2.75, 3.05) is 0 Å². The zero-order chi connectivity index (χ0) is 11.1. The van der Waals surface area contributed by atoms with Crippen LogP contribution in [0.2, 0.25) is 5.02 Å². The van der Waals surface area contributed by atoms with Gasteiger partial charge in [-0.1, -0.05) is 17.7 Å². The second-order valence-corrected chi connectivity index (χ2v) is 3.74. The third kappa shape index (κ3) is 3.63. The lowest BCUT2D eigenvalue weighted by atomic mass is 10.0. The Bertz CT molecular complexity index is 314. The van der Waals surface area contributed by atoms with E-state index < -0.39 is 0 Å². The average Bonchev–Trinajstić information content (AvgIpc) is 2.26. The Morgan fingerprint density at radius 3 is 3.07 bits per heavy atom. The number of allylic oxidation sites excluding steroid dienone is 1. The van der Waals surface area contributed by atoms with E-state index in [1.807, 2.05) is 12.1 Å². The molecule has 0 fully saturated rings. The molecule has 82 valence electrons. The maximum absolute atomic E-state index is 6.03. The molecule has 0 radical (unpaired) electrons. The zero-order valence-electron chi connectivity index (χ0n) is 8.62. The van der Waals surface area contributed by atoms with Crippen molar-refractivity contribution < 1.29 is 0 Å². The molecule has 1 rings (SSSR count). The monoisotopic (exact) mass is 225 g/mol. The Balaban J connectivity index is 2.65. The van der Waals surface area contributed by atoms with Crippen molar-refractivity contribution >= 4 is 11.6 Å². The van der Waals surface area contributed by atoms with Crippen LogP contribution in [0.5, 0.6) is 0 Å². The Hall–Kier alpha value is -0.900. The molecule has 0 amide bonds. The first-order valence-electron chi connectivity index (χ1n) is 4.96. The summed E-state index contributed by atoms with van der Waals surface area (Å²) in [5.41, 5.74) is 3.77. The third-order valence-electron chi connectivity index (χ3n) is 2.28. The van der Waals surface area contributed by atoms with Crippen molar-refractivity contribution in [3.8, 4) is 0 Å². The molecule has 1 heterocycles. The standard InChI is InChI=1S/C11H16ClN3/c1-2-3-4-5-11(15-13)9-6-7-14-8-10(9)12/h2,6-8,11,15H,1,3-5,13H2. The van der Waals surface area contributed by atoms with Crippen LogP contribution in [0.15, 0.2) is 31.1 Å². The van der Waals surface area contributed by atoms with Gasteiger partial charge in [-0.05, 0) is 30.9 Å². The minimum Gasteiger partial charge on any atom is -0.271 e. The number of nitrogens with zero attached hydrogens (tertiary/aromatic N) is 1. The summed E-state index contributed by atoms with van der Waals surface area (Å²) in [4.78, 5) is 3.94. The fraction of sp³-hybridized carbons (Fsp3) is 0.364. The van der Waals surface area contributed by atoms with Gasteiger partial charge in [-0.2, -0.15) is 0 Å². The van der Waals surface area contributed by atoms with Crippen LogP contribution in [0, 0.1) is 0 Å². The van der Waals surface area contributed by atoms with Crippen LogP contribution in [-0.2, 0) is 0 Å². The molecule has 0 bridgehead atoms. The average molecular weight is 226 g/mol. The summed E-state index contributed by atoms with van der Waals surface area (Å²) in [5, 5.41) is 0.652. The molecule has 0 aliphatic carbocycles. The number of nitrogens with two attached hydrogens (primary N) is 1. The highest BCUT2D eigenvalue weighted by molar-refractivity contribution is 6.31. The molecule has 3 N–H and O–H groups in total. The number of halogens is 1. The van der Waals surface area contributed by atoms with E-state index in [4.69, 9.17) is 17.4 Å². The molecule has 0 aliphatic rings. The van der Waals surface area contributed by atoms with Crippen LogP contribution in [0.1, 0.15) is 30.9 Å². The summed E-state index contributed by atoms with van der Waals surface area (Å²) in [6.45, 7) is 3.69. The van der Waals surface area contributed by atoms with E-state index in [-0.39, 0.29) is 6.04 Å². The number of unbranched alkanes of at least 4 members (excludes halogenated alkanes) is 1. The molecule has 15 heavy (non-hydrogen) atoms. The molecule has 4 heteroatoms. The minimum atomic E-state index is 0.0837. The van der Waals surface area contributed by atoms with E-state index in [1.165, 1.54) is 0 Å². The fourth-order valence-electron chi connectivity index (χ4n) is 1.46. The van der Waals surface area contributed by atoms with Gasteiger partial charge in [0.1, 0.15) is 0 Å². The van der Waals surface area contributed by atoms with Crippen LogP contribution in [0.25, 0.3) is 0 Å². The van der Waals surface area contributed by atoms with Crippen LogP contribution in [-0.4, -0.2) is 4.98 Å². The molecule has 1 atom stereocenters. The zero-order valence-corrected chi connectivity index (χ0v) is 9.37. The van der Waals surface area contributed by atoms with Crippen molar-refractivity contribution in [2.45, 2.75) is 25.3 Å². The highest BCUT2D eigenvalue weighted by Crippen LogP contribution is 2.24. The number of hydrazine groups is 1. The van der Waals surface area contributed by atoms with Crippen LogP contribution >= 0.6 is 11.6 Å². The number of pyridine rings is 1. The van der Waals surface area contributed by atoms with Gasteiger partial charge in [0.05, 0.1) is 5.02 Å². The fourth-order valence-corrected chi connectivity index (χ4v) is 1.71. The predicted molar refractivity (Wildman–Crippen MR) is 63.4 cm³/mol. The van der Waals surface area contributed by atoms with Gasteiger partial charge in [0, 0.05) is 18.4 Å². The number of hydrogen-bond acceptors (Lipinski definition) is 3. The summed E-state index contributed by atoms with van der Waals surface area (Å²) in [7, 11) is 0. The highest BCUT2D eigenvalue weighted by atomic mass is 35.5. The lowest BCUT2D eigenvalue weighted by molar-refractivity contribution is 0.500. The van der Waals surface area contributed by atoms with Gasteiger partial charge < -0.3 is 0 Å². The quantitative estimate of drug-likeness (QED) is 0.339. The Morgan fingerprint density at radius 1 is 1.67 bits per heavy atom. The molecule has 0 saturated carbocycles. The second-order valence-electron chi connectivity index (χ2n) is 3.34. The molecule has 1 aromatic heterocycles. The number of nitrogens with one attached hydrogen (secondary N) is 1. The molecule has 1 unspecified atom stereocenters. The SMILES string of the molecule is C=CCCCC(NN)c1ccncc1Cl. The van der Waals surface area contributed by atoms with E-state index in [2.05, 4.69) is 17.0 Å². The Labute approximate surface area is 95.3 Å². The van der Waals surface area contributed by atoms with Gasteiger partial charge in [-0.25, -0.2) is 0 Å². The number of aromatic nitrogens is 1. The van der Waals surface area contributed by atoms with Gasteiger partial charge in [-0.3, -0.25) is 16.3 Å². The van der Waals surface area contributed by atoms with Gasteiger partial charge >= 0.3 is 0 Å². The van der Waals surface area contributed by atoms with E-state index in [0.29, 0.717) is 5.02 Å². The normalized spacial score (nSPS) is 12.4. The summed E-state index contributed by atoms with van der Waals surface area (Å²) in [6.07, 6.45) is 8.22. The largest absolute Gasteiger partial charge is 0.271 e. The van der Waals surface area contributed by atoms with E-state index in [0.717, 1.165) is 24.8 Å². The molecular weight excluding hydrogens is 210 g/mol. The van der Waals surface area contributed by atoms with Gasteiger partial charge in [0.25, 0.3) is 0 Å². The maximum atomic E-state index is 6.03. The first-order chi connectivity index (χ1) is 7.29. The second kappa shape index (κ2) is 6.56. The lowest BCUT2D eigenvalue weighted by Crippen LogP contribution is -2.28. The molecule has 3 nitrogen and oxygen atoms in total. The molecular formula is C11H16ClN3. The summed E-state index contributed by atoms with van der Waals surface area (Å²) >= 11 is 6.03. The first kappa shape index (κ1) is 12.2. The van der Waals surface area contributed by atoms with Crippen molar-refractivity contribution in [1.82, 2.24) is 10.4 Å². The molecule has 0 aliphatic heterocycles. The topological polar surface area (TPSA) is 50.9 Å². The van der Waals surface area contributed by atoms with E-state index in [1.54, 1.807) is 12.4 Å². The summed E-state index contributed by atoms with van der Waals surface area (Å²) in [5.74, 6) is 5.50. The first-order valence-corrected chi connectivity index (χ1v) is 5.33. The Morgan fingerprint density at radius 2 is 2.47 bits per heavy atom.